The Balaban J connectivity index is 1.56. The van der Waals surface area contributed by atoms with E-state index >= 15 is 0 Å². The smallest absolute Gasteiger partial charge is 0.326 e. The fraction of sp³-hybridized carbons (Fsp3) is 0.250. The molecule has 0 radical (unpaired) electrons. The molecular weight excluding hydrogens is 362 g/mol. The number of anilines is 1. The van der Waals surface area contributed by atoms with Gasteiger partial charge in [0, 0.05) is 30.0 Å². The summed E-state index contributed by atoms with van der Waals surface area (Å²) in [5.41, 5.74) is 2.34. The van der Waals surface area contributed by atoms with E-state index in [-0.39, 0.29) is 12.3 Å². The van der Waals surface area contributed by atoms with Crippen molar-refractivity contribution in [3.8, 4) is 5.69 Å². The first-order valence-electron chi connectivity index (χ1n) is 8.76. The second-order valence-electron chi connectivity index (χ2n) is 6.38. The van der Waals surface area contributed by atoms with E-state index in [2.05, 4.69) is 24.4 Å². The topological polar surface area (TPSA) is 79.0 Å². The van der Waals surface area contributed by atoms with E-state index in [1.54, 1.807) is 4.68 Å². The van der Waals surface area contributed by atoms with Crippen molar-refractivity contribution in [3.63, 3.8) is 0 Å². The molecule has 0 fully saturated rings. The minimum atomic E-state index is -0.450. The van der Waals surface area contributed by atoms with Crippen molar-refractivity contribution < 1.29 is 14.0 Å². The maximum atomic E-state index is 12.2. The number of aromatic nitrogens is 2. The minimum Gasteiger partial charge on any atom is -0.326 e. The highest BCUT2D eigenvalue weighted by Crippen LogP contribution is 2.18. The van der Waals surface area contributed by atoms with Crippen LogP contribution in [0.25, 0.3) is 5.69 Å². The molecule has 0 saturated heterocycles. The van der Waals surface area contributed by atoms with Crippen LogP contribution in [0.3, 0.4) is 0 Å². The summed E-state index contributed by atoms with van der Waals surface area (Å²) >= 11 is 1.29. The van der Waals surface area contributed by atoms with Gasteiger partial charge in [-0.2, -0.15) is 0 Å². The molecule has 0 atom stereocenters. The molecule has 7 heteroatoms. The van der Waals surface area contributed by atoms with Crippen LogP contribution in [0.15, 0.2) is 68.9 Å². The Morgan fingerprint density at radius 1 is 1.15 bits per heavy atom. The van der Waals surface area contributed by atoms with Crippen molar-refractivity contribution in [2.75, 3.05) is 11.1 Å². The molecule has 0 aliphatic heterocycles. The Kier molecular flexibility index (Phi) is 6.13. The average molecular weight is 384 g/mol. The van der Waals surface area contributed by atoms with Crippen molar-refractivity contribution in [3.05, 3.63) is 70.6 Å². The third kappa shape index (κ3) is 4.89. The van der Waals surface area contributed by atoms with Crippen LogP contribution in [-0.4, -0.2) is 16.9 Å². The molecule has 1 amide bonds. The second-order valence-corrected chi connectivity index (χ2v) is 7.46. The third-order valence-corrected chi connectivity index (χ3v) is 5.08. The molecule has 2 aromatic carbocycles. The fourth-order valence-electron chi connectivity index (χ4n) is 2.55. The Bertz CT molecular complexity index is 947. The van der Waals surface area contributed by atoms with Crippen molar-refractivity contribution in [2.45, 2.75) is 31.2 Å². The highest BCUT2D eigenvalue weighted by atomic mass is 32.2. The largest absolute Gasteiger partial charge is 0.442 e. The summed E-state index contributed by atoms with van der Waals surface area (Å²) in [6.07, 6.45) is 0.288. The number of carbonyl (C=O) groups is 1. The second kappa shape index (κ2) is 8.73. The van der Waals surface area contributed by atoms with Gasteiger partial charge in [0.2, 0.25) is 11.6 Å². The summed E-state index contributed by atoms with van der Waals surface area (Å²) in [7, 11) is 0. The van der Waals surface area contributed by atoms with Crippen LogP contribution in [0, 0.1) is 0 Å². The molecule has 0 bridgehead atoms. The van der Waals surface area contributed by atoms with Gasteiger partial charge in [-0.1, -0.05) is 44.2 Å². The summed E-state index contributed by atoms with van der Waals surface area (Å²) in [5, 5.41) is 5.88. The molecule has 6 nitrogen and oxygen atoms in total. The molecule has 0 spiro atoms. The maximum Gasteiger partial charge on any atom is 0.442 e. The van der Waals surface area contributed by atoms with E-state index < -0.39 is 5.63 Å². The van der Waals surface area contributed by atoms with E-state index in [1.807, 2.05) is 54.6 Å². The molecule has 3 aromatic rings. The van der Waals surface area contributed by atoms with Gasteiger partial charge in [-0.05, 0) is 45.3 Å². The van der Waals surface area contributed by atoms with Crippen LogP contribution in [0.2, 0.25) is 0 Å². The quantitative estimate of drug-likeness (QED) is 0.483. The van der Waals surface area contributed by atoms with E-state index in [0.717, 1.165) is 11.4 Å². The molecule has 3 rings (SSSR count). The van der Waals surface area contributed by atoms with E-state index in [9.17, 15) is 9.59 Å². The molecule has 0 saturated carbocycles. The van der Waals surface area contributed by atoms with E-state index in [1.165, 1.54) is 17.3 Å². The van der Waals surface area contributed by atoms with Gasteiger partial charge in [0.15, 0.2) is 0 Å². The number of nitrogens with one attached hydrogen (secondary N) is 2. The van der Waals surface area contributed by atoms with E-state index in [4.69, 9.17) is 4.52 Å². The SMILES string of the molecule is CC(C)c1ccc(NC(=O)CCSc2c(=O)o[nH][n+]2-c2ccccc2)cc1. The maximum absolute atomic E-state index is 12.2. The van der Waals surface area contributed by atoms with Crippen LogP contribution >= 0.6 is 11.8 Å². The van der Waals surface area contributed by atoms with Crippen molar-refractivity contribution in [2.24, 2.45) is 0 Å². The van der Waals surface area contributed by atoms with Crippen molar-refractivity contribution >= 4 is 23.4 Å². The first kappa shape index (κ1) is 19.0. The lowest BCUT2D eigenvalue weighted by atomic mass is 10.0. The van der Waals surface area contributed by atoms with Gasteiger partial charge in [0.1, 0.15) is 0 Å². The summed E-state index contributed by atoms with van der Waals surface area (Å²) in [5.74, 6) is 0.826. The first-order valence-corrected chi connectivity index (χ1v) is 9.74. The Hall–Kier alpha value is -2.80. The van der Waals surface area contributed by atoms with Gasteiger partial charge >= 0.3 is 10.7 Å². The summed E-state index contributed by atoms with van der Waals surface area (Å²) < 4.78 is 6.47. The summed E-state index contributed by atoms with van der Waals surface area (Å²) in [6, 6.07) is 17.2. The fourth-order valence-corrected chi connectivity index (χ4v) is 3.46. The van der Waals surface area contributed by atoms with Gasteiger partial charge in [-0.15, -0.1) is 0 Å². The molecule has 0 aliphatic rings. The predicted octanol–water partition coefficient (Wildman–Crippen LogP) is 3.49. The number of para-hydroxylation sites is 1. The Labute approximate surface area is 161 Å². The standard InChI is InChI=1S/C20H21N3O3S/c1-14(2)15-8-10-16(11-9-15)21-18(24)12-13-27-19-20(25)26-22-23(19)17-6-4-3-5-7-17/h3-11,14H,12-13H2,1-2H3,(H-,21,22,24,25)/p+1. The van der Waals surface area contributed by atoms with Crippen molar-refractivity contribution in [1.82, 2.24) is 5.27 Å². The van der Waals surface area contributed by atoms with Crippen LogP contribution in [0.4, 0.5) is 5.69 Å². The molecule has 2 N–H and O–H groups in total. The number of rotatable bonds is 7. The molecule has 140 valence electrons. The number of carbonyl (C=O) groups excluding carboxylic acids is 1. The minimum absolute atomic E-state index is 0.0917. The Morgan fingerprint density at radius 2 is 1.85 bits per heavy atom. The number of hydrogen-bond donors (Lipinski definition) is 2. The molecule has 0 unspecified atom stereocenters. The Morgan fingerprint density at radius 3 is 2.52 bits per heavy atom. The zero-order valence-corrected chi connectivity index (χ0v) is 16.1. The lowest BCUT2D eigenvalue weighted by Gasteiger charge is -2.08. The number of hydrogen-bond acceptors (Lipinski definition) is 4. The lowest BCUT2D eigenvalue weighted by molar-refractivity contribution is -0.704. The van der Waals surface area contributed by atoms with Gasteiger partial charge in [0.25, 0.3) is 0 Å². The molecule has 1 heterocycles. The normalized spacial score (nSPS) is 10.9. The number of amides is 1. The monoisotopic (exact) mass is 384 g/mol. The van der Waals surface area contributed by atoms with Crippen LogP contribution < -0.4 is 15.6 Å². The van der Waals surface area contributed by atoms with Gasteiger partial charge < -0.3 is 5.32 Å². The zero-order chi connectivity index (χ0) is 19.2. The zero-order valence-electron chi connectivity index (χ0n) is 15.3. The van der Waals surface area contributed by atoms with Crippen LogP contribution in [0.1, 0.15) is 31.7 Å². The molecular formula is C20H22N3O3S+. The number of thioether (sulfide) groups is 1. The summed E-state index contributed by atoms with van der Waals surface area (Å²) in [4.78, 5) is 24.1. The summed E-state index contributed by atoms with van der Waals surface area (Å²) in [6.45, 7) is 4.26. The van der Waals surface area contributed by atoms with E-state index in [0.29, 0.717) is 16.7 Å². The van der Waals surface area contributed by atoms with Crippen LogP contribution in [-0.2, 0) is 4.79 Å². The van der Waals surface area contributed by atoms with Gasteiger partial charge in [0.05, 0.1) is 0 Å². The van der Waals surface area contributed by atoms with Gasteiger partial charge in [-0.25, -0.2) is 4.79 Å². The molecule has 27 heavy (non-hydrogen) atoms. The third-order valence-electron chi connectivity index (χ3n) is 4.05. The number of aromatic amines is 1. The first-order chi connectivity index (χ1) is 13.0. The predicted molar refractivity (Wildman–Crippen MR) is 105 cm³/mol. The number of nitrogens with zero attached hydrogens (tertiary/aromatic N) is 1. The number of benzene rings is 2. The number of H-pyrrole nitrogens is 1. The molecule has 0 aliphatic carbocycles. The average Bonchev–Trinajstić information content (AvgIpc) is 3.03. The van der Waals surface area contributed by atoms with Crippen molar-refractivity contribution in [1.29, 1.82) is 0 Å². The van der Waals surface area contributed by atoms with Gasteiger partial charge in [-0.3, -0.25) is 9.32 Å². The lowest BCUT2D eigenvalue weighted by Crippen LogP contribution is -2.36. The van der Waals surface area contributed by atoms with Crippen LogP contribution in [0.5, 0.6) is 0 Å². The molecule has 1 aromatic heterocycles. The highest BCUT2D eigenvalue weighted by Gasteiger charge is 2.23. The highest BCUT2D eigenvalue weighted by molar-refractivity contribution is 7.99.